The van der Waals surface area contributed by atoms with Crippen LogP contribution in [-0.4, -0.2) is 37.3 Å². The number of nitrogens with zero attached hydrogens (tertiary/aromatic N) is 2. The van der Waals surface area contributed by atoms with Crippen molar-refractivity contribution in [3.05, 3.63) is 11.1 Å². The lowest BCUT2D eigenvalue weighted by Gasteiger charge is -2.25. The van der Waals surface area contributed by atoms with Crippen molar-refractivity contribution in [2.24, 2.45) is 5.73 Å². The van der Waals surface area contributed by atoms with E-state index in [0.29, 0.717) is 0 Å². The van der Waals surface area contributed by atoms with E-state index in [1.165, 1.54) is 4.88 Å². The second-order valence-electron chi connectivity index (χ2n) is 3.89. The highest BCUT2D eigenvalue weighted by Crippen LogP contribution is 2.23. The molecule has 5 heteroatoms. The van der Waals surface area contributed by atoms with Crippen LogP contribution in [0, 0.1) is 0 Å². The summed E-state index contributed by atoms with van der Waals surface area (Å²) >= 11 is 1.75. The van der Waals surface area contributed by atoms with E-state index in [1.807, 2.05) is 13.1 Å². The SMILES string of the molecule is C[C@@H](N)Cc1cnc(N2CCOCC2)s1. The lowest BCUT2D eigenvalue weighted by molar-refractivity contribution is 0.122. The maximum Gasteiger partial charge on any atom is 0.185 e. The molecule has 0 aromatic carbocycles. The van der Waals surface area contributed by atoms with Gasteiger partial charge in [0.15, 0.2) is 5.13 Å². The second-order valence-corrected chi connectivity index (χ2v) is 4.98. The summed E-state index contributed by atoms with van der Waals surface area (Å²) in [5, 5.41) is 1.11. The summed E-state index contributed by atoms with van der Waals surface area (Å²) in [6.45, 7) is 5.54. The molecule has 2 heterocycles. The van der Waals surface area contributed by atoms with Crippen LogP contribution in [0.25, 0.3) is 0 Å². The van der Waals surface area contributed by atoms with E-state index in [1.54, 1.807) is 11.3 Å². The normalized spacial score (nSPS) is 19.2. The Balaban J connectivity index is 1.99. The smallest absolute Gasteiger partial charge is 0.185 e. The first-order valence-corrected chi connectivity index (χ1v) is 6.10. The van der Waals surface area contributed by atoms with Crippen molar-refractivity contribution >= 4 is 16.5 Å². The van der Waals surface area contributed by atoms with Crippen molar-refractivity contribution in [1.82, 2.24) is 4.98 Å². The molecule has 0 saturated carbocycles. The Kier molecular flexibility index (Phi) is 3.56. The highest BCUT2D eigenvalue weighted by Gasteiger charge is 2.14. The van der Waals surface area contributed by atoms with Crippen LogP contribution in [0.15, 0.2) is 6.20 Å². The molecule has 0 amide bonds. The van der Waals surface area contributed by atoms with Gasteiger partial charge in [0, 0.05) is 30.2 Å². The number of ether oxygens (including phenoxy) is 1. The van der Waals surface area contributed by atoms with Crippen LogP contribution in [0.2, 0.25) is 0 Å². The van der Waals surface area contributed by atoms with Gasteiger partial charge in [-0.05, 0) is 13.3 Å². The van der Waals surface area contributed by atoms with Crippen LogP contribution >= 0.6 is 11.3 Å². The molecular formula is C10H17N3OS. The highest BCUT2D eigenvalue weighted by atomic mass is 32.1. The van der Waals surface area contributed by atoms with Gasteiger partial charge in [-0.25, -0.2) is 4.98 Å². The van der Waals surface area contributed by atoms with Crippen molar-refractivity contribution in [3.8, 4) is 0 Å². The fraction of sp³-hybridized carbons (Fsp3) is 0.700. The number of anilines is 1. The summed E-state index contributed by atoms with van der Waals surface area (Å²) < 4.78 is 5.31. The van der Waals surface area contributed by atoms with Crippen molar-refractivity contribution in [3.63, 3.8) is 0 Å². The van der Waals surface area contributed by atoms with Gasteiger partial charge >= 0.3 is 0 Å². The Morgan fingerprint density at radius 3 is 3.00 bits per heavy atom. The van der Waals surface area contributed by atoms with Crippen molar-refractivity contribution in [2.75, 3.05) is 31.2 Å². The standard InChI is InChI=1S/C10H17N3OS/c1-8(11)6-9-7-12-10(15-9)13-2-4-14-5-3-13/h7-8H,2-6,11H2,1H3/t8-/m1/s1. The first kappa shape index (κ1) is 10.9. The molecule has 84 valence electrons. The predicted octanol–water partition coefficient (Wildman–Crippen LogP) is 0.869. The van der Waals surface area contributed by atoms with E-state index in [-0.39, 0.29) is 6.04 Å². The number of rotatable bonds is 3. The average molecular weight is 227 g/mol. The maximum absolute atomic E-state index is 5.76. The molecule has 1 atom stereocenters. The number of hydrogen-bond donors (Lipinski definition) is 1. The first-order chi connectivity index (χ1) is 7.25. The molecule has 15 heavy (non-hydrogen) atoms. The fourth-order valence-corrected chi connectivity index (χ4v) is 2.71. The molecular weight excluding hydrogens is 210 g/mol. The van der Waals surface area contributed by atoms with E-state index in [4.69, 9.17) is 10.5 Å². The Bertz CT molecular complexity index is 307. The second kappa shape index (κ2) is 4.92. The fourth-order valence-electron chi connectivity index (χ4n) is 1.61. The zero-order valence-electron chi connectivity index (χ0n) is 8.98. The summed E-state index contributed by atoms with van der Waals surface area (Å²) in [5.74, 6) is 0. The molecule has 1 aliphatic rings. The topological polar surface area (TPSA) is 51.4 Å². The van der Waals surface area contributed by atoms with Gasteiger partial charge < -0.3 is 15.4 Å². The van der Waals surface area contributed by atoms with Crippen LogP contribution in [-0.2, 0) is 11.2 Å². The minimum absolute atomic E-state index is 0.211. The summed E-state index contributed by atoms with van der Waals surface area (Å²) in [6.07, 6.45) is 2.86. The van der Waals surface area contributed by atoms with E-state index < -0.39 is 0 Å². The number of nitrogens with two attached hydrogens (primary N) is 1. The Morgan fingerprint density at radius 1 is 1.60 bits per heavy atom. The third-order valence-corrected chi connectivity index (χ3v) is 3.43. The third-order valence-electron chi connectivity index (χ3n) is 2.35. The zero-order valence-corrected chi connectivity index (χ0v) is 9.80. The van der Waals surface area contributed by atoms with Gasteiger partial charge in [0.05, 0.1) is 13.2 Å². The molecule has 0 unspecified atom stereocenters. The number of thiazole rings is 1. The average Bonchev–Trinajstić information content (AvgIpc) is 2.67. The number of hydrogen-bond acceptors (Lipinski definition) is 5. The molecule has 0 spiro atoms. The largest absolute Gasteiger partial charge is 0.378 e. The molecule has 1 fully saturated rings. The van der Waals surface area contributed by atoms with E-state index in [9.17, 15) is 0 Å². The first-order valence-electron chi connectivity index (χ1n) is 5.28. The van der Waals surface area contributed by atoms with E-state index in [0.717, 1.165) is 37.9 Å². The van der Waals surface area contributed by atoms with Crippen molar-refractivity contribution < 1.29 is 4.74 Å². The molecule has 2 rings (SSSR count). The summed E-state index contributed by atoms with van der Waals surface area (Å²) in [7, 11) is 0. The summed E-state index contributed by atoms with van der Waals surface area (Å²) in [5.41, 5.74) is 5.76. The molecule has 1 aliphatic heterocycles. The minimum atomic E-state index is 0.211. The highest BCUT2D eigenvalue weighted by molar-refractivity contribution is 7.15. The van der Waals surface area contributed by atoms with Gasteiger partial charge in [0.25, 0.3) is 0 Å². The summed E-state index contributed by atoms with van der Waals surface area (Å²) in [6, 6.07) is 0.211. The molecule has 0 radical (unpaired) electrons. The lowest BCUT2D eigenvalue weighted by Crippen LogP contribution is -2.36. The van der Waals surface area contributed by atoms with Gasteiger partial charge in [-0.15, -0.1) is 11.3 Å². The third kappa shape index (κ3) is 2.90. The van der Waals surface area contributed by atoms with Crippen LogP contribution in [0.5, 0.6) is 0 Å². The monoisotopic (exact) mass is 227 g/mol. The van der Waals surface area contributed by atoms with Gasteiger partial charge in [-0.1, -0.05) is 0 Å². The molecule has 1 saturated heterocycles. The van der Waals surface area contributed by atoms with Crippen LogP contribution < -0.4 is 10.6 Å². The molecule has 1 aromatic heterocycles. The van der Waals surface area contributed by atoms with Gasteiger partial charge in [0.1, 0.15) is 0 Å². The molecule has 1 aromatic rings. The van der Waals surface area contributed by atoms with Gasteiger partial charge in [-0.3, -0.25) is 0 Å². The van der Waals surface area contributed by atoms with E-state index in [2.05, 4.69) is 9.88 Å². The Labute approximate surface area is 94.1 Å². The number of morpholine rings is 1. The van der Waals surface area contributed by atoms with E-state index >= 15 is 0 Å². The minimum Gasteiger partial charge on any atom is -0.378 e. The molecule has 0 bridgehead atoms. The Hall–Kier alpha value is -0.650. The maximum atomic E-state index is 5.76. The quantitative estimate of drug-likeness (QED) is 0.832. The van der Waals surface area contributed by atoms with Gasteiger partial charge in [0.2, 0.25) is 0 Å². The van der Waals surface area contributed by atoms with Crippen molar-refractivity contribution in [1.29, 1.82) is 0 Å². The van der Waals surface area contributed by atoms with Gasteiger partial charge in [-0.2, -0.15) is 0 Å². The predicted molar refractivity (Wildman–Crippen MR) is 62.5 cm³/mol. The number of aromatic nitrogens is 1. The molecule has 2 N–H and O–H groups in total. The molecule has 4 nitrogen and oxygen atoms in total. The molecule has 0 aliphatic carbocycles. The van der Waals surface area contributed by atoms with Crippen LogP contribution in [0.4, 0.5) is 5.13 Å². The zero-order chi connectivity index (χ0) is 10.7. The Morgan fingerprint density at radius 2 is 2.33 bits per heavy atom. The lowest BCUT2D eigenvalue weighted by atomic mass is 10.2. The summed E-state index contributed by atoms with van der Waals surface area (Å²) in [4.78, 5) is 7.97. The van der Waals surface area contributed by atoms with Crippen LogP contribution in [0.1, 0.15) is 11.8 Å². The van der Waals surface area contributed by atoms with Crippen molar-refractivity contribution in [2.45, 2.75) is 19.4 Å². The van der Waals surface area contributed by atoms with Crippen LogP contribution in [0.3, 0.4) is 0 Å².